The number of allylic oxidation sites excluding steroid dienone is 2. The molecule has 0 radical (unpaired) electrons. The van der Waals surface area contributed by atoms with Crippen LogP contribution in [-0.4, -0.2) is 121 Å². The number of ether oxygens (including phenoxy) is 4. The molecule has 2 saturated heterocycles. The van der Waals surface area contributed by atoms with Crippen molar-refractivity contribution in [3.63, 3.8) is 0 Å². The van der Waals surface area contributed by atoms with Gasteiger partial charge in [0.15, 0.2) is 24.4 Å². The lowest BCUT2D eigenvalue weighted by atomic mass is 9.44. The molecule has 0 aromatic rings. The van der Waals surface area contributed by atoms with Gasteiger partial charge in [-0.05, 0) is 98.9 Å². The summed E-state index contributed by atoms with van der Waals surface area (Å²) >= 11 is 0. The first-order chi connectivity index (χ1) is 25.8. The average molecular weight is 781 g/mol. The lowest BCUT2D eigenvalue weighted by molar-refractivity contribution is -0.356. The first-order valence-electron chi connectivity index (χ1n) is 20.5. The Labute approximate surface area is 323 Å². The summed E-state index contributed by atoms with van der Waals surface area (Å²) in [5.74, 6) is -1.52. The van der Waals surface area contributed by atoms with Crippen LogP contribution in [0.1, 0.15) is 106 Å². The number of carboxylic acid groups (broad SMARTS) is 1. The maximum Gasteiger partial charge on any atom is 0.335 e. The molecule has 7 N–H and O–H groups in total. The van der Waals surface area contributed by atoms with Crippen LogP contribution in [0.25, 0.3) is 0 Å². The zero-order valence-electron chi connectivity index (χ0n) is 33.2. The number of rotatable bonds is 11. The number of hydrogen-bond donors (Lipinski definition) is 7. The van der Waals surface area contributed by atoms with Crippen LogP contribution >= 0.6 is 0 Å². The molecule has 312 valence electrons. The van der Waals surface area contributed by atoms with Crippen LogP contribution in [0.5, 0.6) is 0 Å². The van der Waals surface area contributed by atoms with Gasteiger partial charge < -0.3 is 54.7 Å². The molecule has 5 fully saturated rings. The molecule has 6 aliphatic rings. The molecule has 2 aliphatic heterocycles. The molecule has 14 nitrogen and oxygen atoms in total. The van der Waals surface area contributed by atoms with E-state index in [0.717, 1.165) is 44.1 Å². The first-order valence-corrected chi connectivity index (χ1v) is 20.5. The Morgan fingerprint density at radius 1 is 0.873 bits per heavy atom. The van der Waals surface area contributed by atoms with Gasteiger partial charge in [-0.25, -0.2) is 4.79 Å². The van der Waals surface area contributed by atoms with Crippen LogP contribution in [0, 0.1) is 52.3 Å². The van der Waals surface area contributed by atoms with Gasteiger partial charge >= 0.3 is 5.97 Å². The van der Waals surface area contributed by atoms with Crippen molar-refractivity contribution in [1.82, 2.24) is 0 Å². The lowest BCUT2D eigenvalue weighted by Crippen LogP contribution is -2.65. The number of aliphatic carboxylic acids is 1. The number of aliphatic hydroxyl groups excluding tert-OH is 6. The van der Waals surface area contributed by atoms with Crippen molar-refractivity contribution in [3.05, 3.63) is 11.3 Å². The Morgan fingerprint density at radius 2 is 1.53 bits per heavy atom. The summed E-state index contributed by atoms with van der Waals surface area (Å²) in [6.07, 6.45) is -10.1. The van der Waals surface area contributed by atoms with Crippen molar-refractivity contribution < 1.29 is 69.1 Å². The minimum atomic E-state index is -1.82. The third-order valence-corrected chi connectivity index (χ3v) is 15.0. The molecule has 4 aliphatic carbocycles. The summed E-state index contributed by atoms with van der Waals surface area (Å²) in [7, 11) is 0. The molecule has 19 atom stereocenters. The van der Waals surface area contributed by atoms with Crippen LogP contribution in [0.4, 0.5) is 0 Å². The SMILES string of the molecule is CC[C@H](C(=O)C[C@@H](C)C1=C(O)C(=O)[C@@H]2[C@@H]3CC[C@H]4C[C@@H](O[C@@H]5O[C@H](C(=O)O)[C@@H](O[C@@H]6O[C@@H](C)[C@H](O)[C@@H](O)[C@H]6O)[C@H](O)[C@H]5O)CC[C@]4(C)[C@H]3CC[C@]12C)C(C)C. The fraction of sp³-hybridized carbons (Fsp3) is 0.878. The summed E-state index contributed by atoms with van der Waals surface area (Å²) in [6.45, 7) is 14.0. The van der Waals surface area contributed by atoms with Crippen molar-refractivity contribution in [1.29, 1.82) is 0 Å². The van der Waals surface area contributed by atoms with Gasteiger partial charge in [-0.3, -0.25) is 9.59 Å². The largest absolute Gasteiger partial charge is 0.504 e. The van der Waals surface area contributed by atoms with E-state index in [9.17, 15) is 50.1 Å². The number of ketones is 2. The van der Waals surface area contributed by atoms with Crippen LogP contribution in [0.15, 0.2) is 11.3 Å². The molecular formula is C41H64O14. The molecule has 3 saturated carbocycles. The smallest absolute Gasteiger partial charge is 0.335 e. The standard InChI is InChI=1S/C41H64O14/c1-8-22(17(2)3)25(42)15-18(4)26-29(44)30(45)27-23-10-9-20-16-21(11-13-40(20,6)24(23)12-14-41(26,27)7)53-39-34(49)32(47)35(36(55-39)37(50)51)54-38-33(48)31(46)28(43)19(5)52-38/h17-24,27-28,31-36,38-39,43-44,46-49H,8-16H2,1-7H3,(H,50,51)/t18-,19+,20+,21+,22+,23-,24+,27+,28+,31-,32-,33-,34-,35+,36+,38+,39-,40+,41-/m1/s1. The van der Waals surface area contributed by atoms with Gasteiger partial charge in [-0.1, -0.05) is 41.5 Å². The van der Waals surface area contributed by atoms with Gasteiger partial charge in [-0.2, -0.15) is 0 Å². The topological polar surface area (TPSA) is 230 Å². The maximum atomic E-state index is 14.0. The molecule has 0 spiro atoms. The van der Waals surface area contributed by atoms with E-state index in [1.165, 1.54) is 6.92 Å². The van der Waals surface area contributed by atoms with Crippen LogP contribution in [-0.2, 0) is 33.3 Å². The highest BCUT2D eigenvalue weighted by molar-refractivity contribution is 6.00. The number of carbonyl (C=O) groups is 3. The summed E-state index contributed by atoms with van der Waals surface area (Å²) in [6, 6.07) is 0. The molecule has 0 aromatic heterocycles. The fourth-order valence-corrected chi connectivity index (χ4v) is 12.1. The zero-order chi connectivity index (χ0) is 40.5. The zero-order valence-corrected chi connectivity index (χ0v) is 33.2. The second-order valence-corrected chi connectivity index (χ2v) is 18.5. The van der Waals surface area contributed by atoms with E-state index in [1.54, 1.807) is 0 Å². The quantitative estimate of drug-likeness (QED) is 0.150. The molecule has 14 heteroatoms. The van der Waals surface area contributed by atoms with E-state index in [1.807, 2.05) is 13.8 Å². The van der Waals surface area contributed by atoms with Gasteiger partial charge in [-0.15, -0.1) is 0 Å². The highest BCUT2D eigenvalue weighted by Gasteiger charge is 2.64. The van der Waals surface area contributed by atoms with Crippen molar-refractivity contribution in [2.45, 2.75) is 174 Å². The highest BCUT2D eigenvalue weighted by atomic mass is 16.7. The van der Waals surface area contributed by atoms with Crippen molar-refractivity contribution in [2.75, 3.05) is 0 Å². The first kappa shape index (κ1) is 42.6. The van der Waals surface area contributed by atoms with E-state index in [2.05, 4.69) is 27.7 Å². The van der Waals surface area contributed by atoms with Gasteiger partial charge in [0.1, 0.15) is 42.4 Å². The fourth-order valence-electron chi connectivity index (χ4n) is 12.1. The molecule has 0 unspecified atom stereocenters. The minimum Gasteiger partial charge on any atom is -0.504 e. The van der Waals surface area contributed by atoms with Gasteiger partial charge in [0, 0.05) is 23.7 Å². The van der Waals surface area contributed by atoms with E-state index in [-0.39, 0.29) is 64.2 Å². The van der Waals surface area contributed by atoms with E-state index in [4.69, 9.17) is 18.9 Å². The summed E-state index contributed by atoms with van der Waals surface area (Å²) in [5, 5.41) is 74.3. The summed E-state index contributed by atoms with van der Waals surface area (Å²) < 4.78 is 23.0. The second kappa shape index (κ2) is 16.0. The van der Waals surface area contributed by atoms with Crippen LogP contribution in [0.3, 0.4) is 0 Å². The number of hydrogen-bond acceptors (Lipinski definition) is 13. The van der Waals surface area contributed by atoms with E-state index >= 15 is 0 Å². The Balaban J connectivity index is 1.11. The third kappa shape index (κ3) is 7.35. The predicted molar refractivity (Wildman–Crippen MR) is 195 cm³/mol. The Hall–Kier alpha value is -2.01. The van der Waals surface area contributed by atoms with Gasteiger partial charge in [0.05, 0.1) is 12.2 Å². The molecule has 0 aromatic carbocycles. The van der Waals surface area contributed by atoms with Crippen molar-refractivity contribution in [3.8, 4) is 0 Å². The Morgan fingerprint density at radius 3 is 2.16 bits per heavy atom. The normalized spacial score (nSPS) is 47.1. The Bertz CT molecular complexity index is 1480. The van der Waals surface area contributed by atoms with E-state index in [0.29, 0.717) is 19.3 Å². The highest BCUT2D eigenvalue weighted by Crippen LogP contribution is 2.67. The molecular weight excluding hydrogens is 716 g/mol. The number of aliphatic hydroxyl groups is 6. The average Bonchev–Trinajstić information content (AvgIpc) is 3.33. The monoisotopic (exact) mass is 780 g/mol. The predicted octanol–water partition coefficient (Wildman–Crippen LogP) is 3.04. The van der Waals surface area contributed by atoms with Gasteiger partial charge in [0.2, 0.25) is 5.78 Å². The molecule has 0 amide bonds. The van der Waals surface area contributed by atoms with Gasteiger partial charge in [0.25, 0.3) is 0 Å². The Kier molecular flexibility index (Phi) is 12.4. The number of fused-ring (bicyclic) bond motifs is 5. The van der Waals surface area contributed by atoms with Crippen LogP contribution < -0.4 is 0 Å². The number of Topliss-reactive ketones (excluding diaryl/α,β-unsaturated/α-hetero) is 2. The molecule has 0 bridgehead atoms. The van der Waals surface area contributed by atoms with E-state index < -0.39 is 78.9 Å². The lowest BCUT2D eigenvalue weighted by Gasteiger charge is -2.60. The summed E-state index contributed by atoms with van der Waals surface area (Å²) in [5.41, 5.74) is 0.120. The van der Waals surface area contributed by atoms with Crippen molar-refractivity contribution >= 4 is 17.5 Å². The third-order valence-electron chi connectivity index (χ3n) is 15.0. The number of carbonyl (C=O) groups excluding carboxylic acids is 2. The van der Waals surface area contributed by atoms with Crippen molar-refractivity contribution in [2.24, 2.45) is 52.3 Å². The molecule has 55 heavy (non-hydrogen) atoms. The number of carboxylic acids is 1. The van der Waals surface area contributed by atoms with Crippen LogP contribution in [0.2, 0.25) is 0 Å². The second-order valence-electron chi connectivity index (χ2n) is 18.5. The molecule has 2 heterocycles. The maximum absolute atomic E-state index is 14.0. The summed E-state index contributed by atoms with van der Waals surface area (Å²) in [4.78, 5) is 39.7. The minimum absolute atomic E-state index is 0.0497. The molecule has 6 rings (SSSR count).